The molecule has 2 heterocycles. The molecule has 2 aromatic rings. The lowest BCUT2D eigenvalue weighted by molar-refractivity contribution is -0.117. The summed E-state index contributed by atoms with van der Waals surface area (Å²) in [4.78, 5) is 21.3. The highest BCUT2D eigenvalue weighted by Gasteiger charge is 2.31. The smallest absolute Gasteiger partial charge is 0.239 e. The van der Waals surface area contributed by atoms with Crippen LogP contribution in [-0.4, -0.2) is 48.5 Å². The van der Waals surface area contributed by atoms with Crippen LogP contribution in [0.5, 0.6) is 0 Å². The SMILES string of the molecule is CC(C)(C)C1CCC(c2ccccc2N2CCN(CC(=O)Nc3ccccn3)CC2)CC1.Cl.Cl. The molecular formula is C27H40Cl2N4O. The summed E-state index contributed by atoms with van der Waals surface area (Å²) in [6.07, 6.45) is 6.96. The third-order valence-electron chi connectivity index (χ3n) is 7.34. The standard InChI is InChI=1S/C27H38N4O.2ClH/c1-27(2,3)22-13-11-21(12-14-22)23-8-4-5-9-24(23)31-18-16-30(17-19-31)20-26(32)29-25-10-6-7-15-28-25;;/h4-10,15,21-22H,11-14,16-20H2,1-3H3,(H,28,29,32);2*1H. The molecule has 2 fully saturated rings. The number of rotatable bonds is 5. The monoisotopic (exact) mass is 506 g/mol. The lowest BCUT2D eigenvalue weighted by Gasteiger charge is -2.40. The number of hydrogen-bond acceptors (Lipinski definition) is 4. The van der Waals surface area contributed by atoms with Crippen molar-refractivity contribution >= 4 is 42.2 Å². The number of anilines is 2. The predicted molar refractivity (Wildman–Crippen MR) is 147 cm³/mol. The summed E-state index contributed by atoms with van der Waals surface area (Å²) in [5.74, 6) is 2.14. The number of carbonyl (C=O) groups is 1. The van der Waals surface area contributed by atoms with Gasteiger partial charge in [0.05, 0.1) is 6.54 Å². The number of aromatic nitrogens is 1. The van der Waals surface area contributed by atoms with Crippen molar-refractivity contribution in [3.8, 4) is 0 Å². The van der Waals surface area contributed by atoms with Crippen molar-refractivity contribution in [3.63, 3.8) is 0 Å². The number of pyridine rings is 1. The molecule has 0 atom stereocenters. The van der Waals surface area contributed by atoms with E-state index >= 15 is 0 Å². The number of nitrogens with zero attached hydrogens (tertiary/aromatic N) is 3. The van der Waals surface area contributed by atoms with Crippen LogP contribution in [0.25, 0.3) is 0 Å². The molecule has 1 saturated heterocycles. The molecular weight excluding hydrogens is 467 g/mol. The van der Waals surface area contributed by atoms with Gasteiger partial charge in [-0.2, -0.15) is 0 Å². The molecule has 34 heavy (non-hydrogen) atoms. The van der Waals surface area contributed by atoms with Crippen molar-refractivity contribution in [1.82, 2.24) is 9.88 Å². The van der Waals surface area contributed by atoms with Gasteiger partial charge in [0.1, 0.15) is 5.82 Å². The van der Waals surface area contributed by atoms with E-state index in [2.05, 4.69) is 65.1 Å². The average Bonchev–Trinajstić information content (AvgIpc) is 2.80. The Hall–Kier alpha value is -1.82. The Bertz CT molecular complexity index is 887. The zero-order valence-corrected chi connectivity index (χ0v) is 22.3. The first-order chi connectivity index (χ1) is 15.4. The molecule has 1 aromatic heterocycles. The van der Waals surface area contributed by atoms with Crippen LogP contribution in [0.2, 0.25) is 0 Å². The van der Waals surface area contributed by atoms with Gasteiger partial charge in [-0.3, -0.25) is 9.69 Å². The van der Waals surface area contributed by atoms with Crippen molar-refractivity contribution in [2.45, 2.75) is 52.4 Å². The Morgan fingerprint density at radius 1 is 0.941 bits per heavy atom. The van der Waals surface area contributed by atoms with Crippen LogP contribution in [0.4, 0.5) is 11.5 Å². The number of amides is 1. The number of para-hydroxylation sites is 1. The molecule has 0 bridgehead atoms. The van der Waals surface area contributed by atoms with Crippen LogP contribution in [0.15, 0.2) is 48.7 Å². The predicted octanol–water partition coefficient (Wildman–Crippen LogP) is 6.01. The van der Waals surface area contributed by atoms with Gasteiger partial charge < -0.3 is 10.2 Å². The minimum atomic E-state index is 0. The molecule has 1 N–H and O–H groups in total. The molecule has 1 amide bonds. The van der Waals surface area contributed by atoms with E-state index < -0.39 is 0 Å². The molecule has 1 aromatic carbocycles. The summed E-state index contributed by atoms with van der Waals surface area (Å²) in [7, 11) is 0. The normalized spacial score (nSPS) is 21.2. The fourth-order valence-electron chi connectivity index (χ4n) is 5.36. The van der Waals surface area contributed by atoms with Gasteiger partial charge in [-0.25, -0.2) is 4.98 Å². The van der Waals surface area contributed by atoms with E-state index in [1.54, 1.807) is 6.20 Å². The summed E-state index contributed by atoms with van der Waals surface area (Å²) in [6, 6.07) is 14.6. The Labute approximate surface area is 217 Å². The number of nitrogens with one attached hydrogen (secondary N) is 1. The number of hydrogen-bond donors (Lipinski definition) is 1. The van der Waals surface area contributed by atoms with Gasteiger partial charge in [0.2, 0.25) is 5.91 Å². The van der Waals surface area contributed by atoms with Crippen molar-refractivity contribution in [2.24, 2.45) is 11.3 Å². The van der Waals surface area contributed by atoms with E-state index in [0.29, 0.717) is 23.7 Å². The van der Waals surface area contributed by atoms with Crippen LogP contribution >= 0.6 is 24.8 Å². The molecule has 1 aliphatic heterocycles. The largest absolute Gasteiger partial charge is 0.369 e. The first-order valence-corrected chi connectivity index (χ1v) is 12.2. The lowest BCUT2D eigenvalue weighted by atomic mass is 9.68. The number of carbonyl (C=O) groups excluding carboxylic acids is 1. The Morgan fingerprint density at radius 2 is 1.59 bits per heavy atom. The molecule has 1 aliphatic carbocycles. The van der Waals surface area contributed by atoms with E-state index in [1.165, 1.54) is 36.9 Å². The van der Waals surface area contributed by atoms with Gasteiger partial charge >= 0.3 is 0 Å². The third-order valence-corrected chi connectivity index (χ3v) is 7.34. The Kier molecular flexibility index (Phi) is 10.7. The Balaban J connectivity index is 0.00000204. The second kappa shape index (κ2) is 12.8. The van der Waals surface area contributed by atoms with Gasteiger partial charge in [0.15, 0.2) is 0 Å². The first-order valence-electron chi connectivity index (χ1n) is 12.2. The lowest BCUT2D eigenvalue weighted by Crippen LogP contribution is -2.49. The fraction of sp³-hybridized carbons (Fsp3) is 0.556. The molecule has 188 valence electrons. The maximum absolute atomic E-state index is 12.4. The molecule has 0 radical (unpaired) electrons. The highest BCUT2D eigenvalue weighted by molar-refractivity contribution is 5.91. The summed E-state index contributed by atoms with van der Waals surface area (Å²) < 4.78 is 0. The minimum Gasteiger partial charge on any atom is -0.369 e. The zero-order valence-electron chi connectivity index (χ0n) is 20.7. The van der Waals surface area contributed by atoms with Crippen molar-refractivity contribution in [3.05, 3.63) is 54.2 Å². The molecule has 1 saturated carbocycles. The van der Waals surface area contributed by atoms with Gasteiger partial charge in [-0.05, 0) is 66.7 Å². The molecule has 7 heteroatoms. The van der Waals surface area contributed by atoms with Crippen LogP contribution in [-0.2, 0) is 4.79 Å². The van der Waals surface area contributed by atoms with E-state index in [9.17, 15) is 4.79 Å². The zero-order chi connectivity index (χ0) is 22.6. The van der Waals surface area contributed by atoms with Gasteiger partial charge in [-0.15, -0.1) is 24.8 Å². The van der Waals surface area contributed by atoms with E-state index in [0.717, 1.165) is 32.1 Å². The summed E-state index contributed by atoms with van der Waals surface area (Å²) >= 11 is 0. The summed E-state index contributed by atoms with van der Waals surface area (Å²) in [6.45, 7) is 11.3. The fourth-order valence-corrected chi connectivity index (χ4v) is 5.36. The van der Waals surface area contributed by atoms with Crippen LogP contribution in [0.1, 0.15) is 57.9 Å². The maximum Gasteiger partial charge on any atom is 0.239 e. The van der Waals surface area contributed by atoms with Crippen LogP contribution in [0.3, 0.4) is 0 Å². The maximum atomic E-state index is 12.4. The molecule has 0 unspecified atom stereocenters. The van der Waals surface area contributed by atoms with E-state index in [4.69, 9.17) is 0 Å². The topological polar surface area (TPSA) is 48.5 Å². The molecule has 2 aliphatic rings. The van der Waals surface area contributed by atoms with E-state index in [-0.39, 0.29) is 30.7 Å². The third kappa shape index (κ3) is 7.34. The highest BCUT2D eigenvalue weighted by Crippen LogP contribution is 2.45. The second-order valence-electron chi connectivity index (χ2n) is 10.5. The summed E-state index contributed by atoms with van der Waals surface area (Å²) in [5, 5.41) is 2.89. The number of benzene rings is 1. The van der Waals surface area contributed by atoms with Gasteiger partial charge in [-0.1, -0.05) is 45.0 Å². The van der Waals surface area contributed by atoms with Gasteiger partial charge in [0, 0.05) is 38.1 Å². The quantitative estimate of drug-likeness (QED) is 0.539. The number of halogens is 2. The van der Waals surface area contributed by atoms with Crippen molar-refractivity contribution in [2.75, 3.05) is 42.9 Å². The molecule has 5 nitrogen and oxygen atoms in total. The highest BCUT2D eigenvalue weighted by atomic mass is 35.5. The Morgan fingerprint density at radius 3 is 2.21 bits per heavy atom. The first kappa shape index (κ1) is 28.4. The van der Waals surface area contributed by atoms with Crippen molar-refractivity contribution < 1.29 is 4.79 Å². The second-order valence-corrected chi connectivity index (χ2v) is 10.5. The average molecular weight is 508 g/mol. The van der Waals surface area contributed by atoms with Gasteiger partial charge in [0.25, 0.3) is 0 Å². The summed E-state index contributed by atoms with van der Waals surface area (Å²) in [5.41, 5.74) is 3.36. The minimum absolute atomic E-state index is 0. The molecule has 0 spiro atoms. The van der Waals surface area contributed by atoms with Crippen LogP contribution in [0, 0.1) is 11.3 Å². The van der Waals surface area contributed by atoms with Crippen molar-refractivity contribution in [1.29, 1.82) is 0 Å². The number of piperazine rings is 1. The van der Waals surface area contributed by atoms with Crippen LogP contribution < -0.4 is 10.2 Å². The molecule has 4 rings (SSSR count). The van der Waals surface area contributed by atoms with E-state index in [1.807, 2.05) is 18.2 Å².